The molecule has 0 aliphatic carbocycles. The predicted molar refractivity (Wildman–Crippen MR) is 102 cm³/mol. The first-order valence-electron chi connectivity index (χ1n) is 8.90. The highest BCUT2D eigenvalue weighted by Gasteiger charge is 2.33. The monoisotopic (exact) mass is 364 g/mol. The van der Waals surface area contributed by atoms with Crippen LogP contribution in [0, 0.1) is 0 Å². The van der Waals surface area contributed by atoms with Crippen LogP contribution in [0.1, 0.15) is 18.4 Å². The molecule has 1 aromatic heterocycles. The van der Waals surface area contributed by atoms with Crippen LogP contribution < -0.4 is 15.4 Å². The Morgan fingerprint density at radius 2 is 1.93 bits per heavy atom. The number of hydrogen-bond donors (Lipinski definition) is 1. The standard InChI is InChI=1S/C20H20N4O3/c21-15-3-4-16-17(12-15)27-18(11-14-5-7-22-8-6-14)20(26)24(16)13-19(25)23-9-1-2-10-23/h3-8,11-12H,1-2,9-10,13,21H2/b18-11+. The van der Waals surface area contributed by atoms with E-state index in [1.807, 2.05) is 0 Å². The van der Waals surface area contributed by atoms with Gasteiger partial charge in [-0.3, -0.25) is 19.5 Å². The molecule has 2 aromatic rings. The van der Waals surface area contributed by atoms with Gasteiger partial charge in [-0.05, 0) is 48.7 Å². The zero-order chi connectivity index (χ0) is 18.8. The normalized spacial score (nSPS) is 17.8. The Bertz CT molecular complexity index is 905. The number of ether oxygens (including phenoxy) is 1. The van der Waals surface area contributed by atoms with Crippen molar-refractivity contribution < 1.29 is 14.3 Å². The molecule has 2 aliphatic heterocycles. The Hall–Kier alpha value is -3.35. The lowest BCUT2D eigenvalue weighted by Gasteiger charge is -2.31. The van der Waals surface area contributed by atoms with Crippen molar-refractivity contribution in [2.75, 3.05) is 30.3 Å². The van der Waals surface area contributed by atoms with Gasteiger partial charge in [-0.2, -0.15) is 0 Å². The lowest BCUT2D eigenvalue weighted by atomic mass is 10.1. The molecule has 2 N–H and O–H groups in total. The van der Waals surface area contributed by atoms with Crippen LogP contribution >= 0.6 is 0 Å². The van der Waals surface area contributed by atoms with Gasteiger partial charge in [-0.15, -0.1) is 0 Å². The quantitative estimate of drug-likeness (QED) is 0.665. The van der Waals surface area contributed by atoms with Gasteiger partial charge in [0.2, 0.25) is 5.91 Å². The summed E-state index contributed by atoms with van der Waals surface area (Å²) < 4.78 is 5.81. The molecule has 4 rings (SSSR count). The molecule has 0 radical (unpaired) electrons. The first-order chi connectivity index (χ1) is 13.1. The average molecular weight is 364 g/mol. The number of fused-ring (bicyclic) bond motifs is 1. The molecule has 0 atom stereocenters. The highest BCUT2D eigenvalue weighted by molar-refractivity contribution is 6.12. The fourth-order valence-electron chi connectivity index (χ4n) is 3.30. The van der Waals surface area contributed by atoms with Crippen molar-refractivity contribution in [2.45, 2.75) is 12.8 Å². The fourth-order valence-corrected chi connectivity index (χ4v) is 3.30. The van der Waals surface area contributed by atoms with Crippen LogP contribution in [0.2, 0.25) is 0 Å². The minimum atomic E-state index is -0.350. The third kappa shape index (κ3) is 3.48. The molecule has 138 valence electrons. The summed E-state index contributed by atoms with van der Waals surface area (Å²) in [4.78, 5) is 32.9. The molecule has 1 saturated heterocycles. The van der Waals surface area contributed by atoms with Crippen LogP contribution in [0.25, 0.3) is 6.08 Å². The molecule has 0 saturated carbocycles. The van der Waals surface area contributed by atoms with Crippen molar-refractivity contribution >= 4 is 29.3 Å². The number of nitrogens with two attached hydrogens (primary N) is 1. The number of carbonyl (C=O) groups excluding carboxylic acids is 2. The number of rotatable bonds is 3. The second kappa shape index (κ2) is 7.11. The molecule has 2 amide bonds. The molecule has 1 aromatic carbocycles. The maximum Gasteiger partial charge on any atom is 0.294 e. The van der Waals surface area contributed by atoms with Gasteiger partial charge in [0, 0.05) is 37.2 Å². The number of nitrogen functional groups attached to an aromatic ring is 1. The minimum absolute atomic E-state index is 0.0210. The Kier molecular flexibility index (Phi) is 4.50. The molecule has 0 spiro atoms. The fraction of sp³-hybridized carbons (Fsp3) is 0.250. The maximum atomic E-state index is 13.0. The largest absolute Gasteiger partial charge is 0.449 e. The second-order valence-electron chi connectivity index (χ2n) is 6.60. The minimum Gasteiger partial charge on any atom is -0.449 e. The lowest BCUT2D eigenvalue weighted by molar-refractivity contribution is -0.130. The van der Waals surface area contributed by atoms with E-state index in [-0.39, 0.29) is 24.1 Å². The number of likely N-dealkylation sites (tertiary alicyclic amines) is 1. The van der Waals surface area contributed by atoms with Crippen molar-refractivity contribution in [3.05, 3.63) is 54.0 Å². The number of hydrogen-bond acceptors (Lipinski definition) is 5. The molecule has 0 unspecified atom stereocenters. The van der Waals surface area contributed by atoms with E-state index in [0.29, 0.717) is 17.1 Å². The molecular formula is C20H20N4O3. The first kappa shape index (κ1) is 17.1. The SMILES string of the molecule is Nc1ccc2c(c1)O/C(=C/c1ccncc1)C(=O)N2CC(=O)N1CCCC1. The van der Waals surface area contributed by atoms with E-state index in [1.165, 1.54) is 4.90 Å². The lowest BCUT2D eigenvalue weighted by Crippen LogP contribution is -2.45. The molecule has 1 fully saturated rings. The van der Waals surface area contributed by atoms with Gasteiger partial charge in [0.05, 0.1) is 5.69 Å². The van der Waals surface area contributed by atoms with Crippen molar-refractivity contribution in [2.24, 2.45) is 0 Å². The Morgan fingerprint density at radius 3 is 2.67 bits per heavy atom. The van der Waals surface area contributed by atoms with Crippen LogP contribution in [0.3, 0.4) is 0 Å². The van der Waals surface area contributed by atoms with Gasteiger partial charge in [-0.1, -0.05) is 0 Å². The molecule has 2 aliphatic rings. The van der Waals surface area contributed by atoms with Crippen molar-refractivity contribution in [1.82, 2.24) is 9.88 Å². The maximum absolute atomic E-state index is 13.0. The van der Waals surface area contributed by atoms with Crippen LogP contribution in [0.15, 0.2) is 48.5 Å². The third-order valence-electron chi connectivity index (χ3n) is 4.71. The van der Waals surface area contributed by atoms with Crippen LogP contribution in [-0.4, -0.2) is 41.3 Å². The van der Waals surface area contributed by atoms with E-state index in [4.69, 9.17) is 10.5 Å². The summed E-state index contributed by atoms with van der Waals surface area (Å²) in [7, 11) is 0. The summed E-state index contributed by atoms with van der Waals surface area (Å²) in [5, 5.41) is 0. The van der Waals surface area contributed by atoms with Crippen molar-refractivity contribution in [1.29, 1.82) is 0 Å². The van der Waals surface area contributed by atoms with Gasteiger partial charge in [-0.25, -0.2) is 0 Å². The topological polar surface area (TPSA) is 88.8 Å². The highest BCUT2D eigenvalue weighted by atomic mass is 16.5. The van der Waals surface area contributed by atoms with Crippen LogP contribution in [-0.2, 0) is 9.59 Å². The number of anilines is 2. The Balaban J connectivity index is 1.68. The van der Waals surface area contributed by atoms with Crippen LogP contribution in [0.4, 0.5) is 11.4 Å². The summed E-state index contributed by atoms with van der Waals surface area (Å²) >= 11 is 0. The summed E-state index contributed by atoms with van der Waals surface area (Å²) in [6.45, 7) is 1.46. The molecule has 7 nitrogen and oxygen atoms in total. The third-order valence-corrected chi connectivity index (χ3v) is 4.71. The number of amides is 2. The number of benzene rings is 1. The van der Waals surface area contributed by atoms with Crippen molar-refractivity contribution in [3.8, 4) is 5.75 Å². The summed E-state index contributed by atoms with van der Waals surface area (Å²) in [5.74, 6) is 0.197. The molecule has 0 bridgehead atoms. The number of carbonyl (C=O) groups is 2. The smallest absolute Gasteiger partial charge is 0.294 e. The summed E-state index contributed by atoms with van der Waals surface area (Å²) in [5.41, 5.74) is 7.73. The van der Waals surface area contributed by atoms with Gasteiger partial charge in [0.15, 0.2) is 11.5 Å². The molecule has 27 heavy (non-hydrogen) atoms. The van der Waals surface area contributed by atoms with E-state index in [1.54, 1.807) is 53.7 Å². The molecular weight excluding hydrogens is 344 g/mol. The number of nitrogens with zero attached hydrogens (tertiary/aromatic N) is 3. The highest BCUT2D eigenvalue weighted by Crippen LogP contribution is 2.37. The van der Waals surface area contributed by atoms with Gasteiger partial charge < -0.3 is 15.4 Å². The van der Waals surface area contributed by atoms with Gasteiger partial charge in [0.25, 0.3) is 5.91 Å². The zero-order valence-electron chi connectivity index (χ0n) is 14.8. The second-order valence-corrected chi connectivity index (χ2v) is 6.60. The van der Waals surface area contributed by atoms with Gasteiger partial charge in [0.1, 0.15) is 6.54 Å². The number of aromatic nitrogens is 1. The van der Waals surface area contributed by atoms with E-state index < -0.39 is 0 Å². The van der Waals surface area contributed by atoms with E-state index in [9.17, 15) is 9.59 Å². The summed E-state index contributed by atoms with van der Waals surface area (Å²) in [6.07, 6.45) is 6.93. The Morgan fingerprint density at radius 1 is 1.19 bits per heavy atom. The molecule has 7 heteroatoms. The summed E-state index contributed by atoms with van der Waals surface area (Å²) in [6, 6.07) is 8.62. The van der Waals surface area contributed by atoms with Crippen molar-refractivity contribution in [3.63, 3.8) is 0 Å². The zero-order valence-corrected chi connectivity index (χ0v) is 14.8. The van der Waals surface area contributed by atoms with Gasteiger partial charge >= 0.3 is 0 Å². The van der Waals surface area contributed by atoms with Crippen LogP contribution in [0.5, 0.6) is 5.75 Å². The average Bonchev–Trinajstić information content (AvgIpc) is 3.20. The Labute approximate surface area is 157 Å². The first-order valence-corrected chi connectivity index (χ1v) is 8.90. The van der Waals surface area contributed by atoms with E-state index >= 15 is 0 Å². The van der Waals surface area contributed by atoms with E-state index in [0.717, 1.165) is 31.5 Å². The molecule has 3 heterocycles. The number of pyridine rings is 1. The predicted octanol–water partition coefficient (Wildman–Crippen LogP) is 2.05. The van der Waals surface area contributed by atoms with E-state index in [2.05, 4.69) is 4.98 Å².